The third-order valence-corrected chi connectivity index (χ3v) is 2.94. The highest BCUT2D eigenvalue weighted by molar-refractivity contribution is 7.99. The summed E-state index contributed by atoms with van der Waals surface area (Å²) < 4.78 is 0. The van der Waals surface area contributed by atoms with E-state index in [4.69, 9.17) is 10.8 Å². The molecule has 4 nitrogen and oxygen atoms in total. The molecule has 0 aromatic carbocycles. The molecule has 15 heavy (non-hydrogen) atoms. The number of nitrogens with two attached hydrogens (primary N) is 1. The highest BCUT2D eigenvalue weighted by Crippen LogP contribution is 2.23. The van der Waals surface area contributed by atoms with Crippen molar-refractivity contribution in [3.05, 3.63) is 24.4 Å². The van der Waals surface area contributed by atoms with Gasteiger partial charge in [-0.25, -0.2) is 4.98 Å². The maximum Gasteiger partial charge on any atom is 0.320 e. The van der Waals surface area contributed by atoms with Crippen LogP contribution in [0.25, 0.3) is 0 Å². The minimum atomic E-state index is -0.955. The van der Waals surface area contributed by atoms with E-state index in [2.05, 4.69) is 4.98 Å². The number of carboxylic acids is 1. The Labute approximate surface area is 92.9 Å². The molecule has 0 bridgehead atoms. The van der Waals surface area contributed by atoms with Gasteiger partial charge in [-0.3, -0.25) is 4.79 Å². The molecule has 1 heterocycles. The summed E-state index contributed by atoms with van der Waals surface area (Å²) in [7, 11) is 0. The highest BCUT2D eigenvalue weighted by atomic mass is 32.2. The van der Waals surface area contributed by atoms with Crippen LogP contribution in [-0.4, -0.2) is 27.4 Å². The zero-order valence-electron chi connectivity index (χ0n) is 8.46. The minimum Gasteiger partial charge on any atom is -0.480 e. The molecule has 2 atom stereocenters. The van der Waals surface area contributed by atoms with Crippen LogP contribution < -0.4 is 5.73 Å². The van der Waals surface area contributed by atoms with E-state index in [0.717, 1.165) is 5.03 Å². The van der Waals surface area contributed by atoms with Crippen LogP contribution in [0.2, 0.25) is 0 Å². The Hall–Kier alpha value is -1.07. The predicted molar refractivity (Wildman–Crippen MR) is 59.8 cm³/mol. The quantitative estimate of drug-likeness (QED) is 0.741. The first-order valence-corrected chi connectivity index (χ1v) is 5.53. The molecule has 0 amide bonds. The molecule has 5 heteroatoms. The molecule has 0 aliphatic heterocycles. The van der Waals surface area contributed by atoms with Crippen molar-refractivity contribution < 1.29 is 9.90 Å². The van der Waals surface area contributed by atoms with Crippen LogP contribution in [0.1, 0.15) is 13.3 Å². The Morgan fingerprint density at radius 3 is 2.93 bits per heavy atom. The van der Waals surface area contributed by atoms with E-state index in [1.54, 1.807) is 6.20 Å². The number of hydrogen-bond acceptors (Lipinski definition) is 4. The first kappa shape index (κ1) is 12.0. The molecule has 0 aliphatic carbocycles. The SMILES string of the molecule is CC(CC(N)C(=O)O)Sc1ccccn1. The number of aromatic nitrogens is 1. The largest absolute Gasteiger partial charge is 0.480 e. The normalized spacial score (nSPS) is 14.5. The Balaban J connectivity index is 2.43. The molecule has 1 aromatic heterocycles. The number of hydrogen-bond donors (Lipinski definition) is 2. The molecule has 1 rings (SSSR count). The van der Waals surface area contributed by atoms with Crippen molar-refractivity contribution >= 4 is 17.7 Å². The van der Waals surface area contributed by atoms with Gasteiger partial charge in [0.2, 0.25) is 0 Å². The van der Waals surface area contributed by atoms with Gasteiger partial charge < -0.3 is 10.8 Å². The van der Waals surface area contributed by atoms with E-state index in [1.807, 2.05) is 25.1 Å². The van der Waals surface area contributed by atoms with Gasteiger partial charge in [0.25, 0.3) is 0 Å². The van der Waals surface area contributed by atoms with Gasteiger partial charge in [-0.15, -0.1) is 11.8 Å². The molecule has 3 N–H and O–H groups in total. The average Bonchev–Trinajstić information content (AvgIpc) is 2.18. The third kappa shape index (κ3) is 4.31. The van der Waals surface area contributed by atoms with Crippen molar-refractivity contribution in [1.82, 2.24) is 4.98 Å². The lowest BCUT2D eigenvalue weighted by Crippen LogP contribution is -2.32. The monoisotopic (exact) mass is 226 g/mol. The van der Waals surface area contributed by atoms with Gasteiger partial charge in [-0.2, -0.15) is 0 Å². The minimum absolute atomic E-state index is 0.144. The first-order valence-electron chi connectivity index (χ1n) is 4.65. The second kappa shape index (κ2) is 5.72. The lowest BCUT2D eigenvalue weighted by molar-refractivity contribution is -0.138. The van der Waals surface area contributed by atoms with Gasteiger partial charge >= 0.3 is 5.97 Å². The van der Waals surface area contributed by atoms with Crippen molar-refractivity contribution in [2.45, 2.75) is 29.7 Å². The average molecular weight is 226 g/mol. The molecule has 0 saturated carbocycles. The van der Waals surface area contributed by atoms with Crippen molar-refractivity contribution in [2.24, 2.45) is 5.73 Å². The lowest BCUT2D eigenvalue weighted by Gasteiger charge is -2.12. The van der Waals surface area contributed by atoms with Gasteiger partial charge in [0.15, 0.2) is 0 Å². The molecule has 82 valence electrons. The maximum absolute atomic E-state index is 10.5. The van der Waals surface area contributed by atoms with Crippen molar-refractivity contribution in [1.29, 1.82) is 0 Å². The van der Waals surface area contributed by atoms with E-state index >= 15 is 0 Å². The standard InChI is InChI=1S/C10H14N2O2S/c1-7(6-8(11)10(13)14)15-9-4-2-3-5-12-9/h2-5,7-8H,6,11H2,1H3,(H,13,14). The summed E-state index contributed by atoms with van der Waals surface area (Å²) >= 11 is 1.53. The van der Waals surface area contributed by atoms with Crippen molar-refractivity contribution in [3.8, 4) is 0 Å². The summed E-state index contributed by atoms with van der Waals surface area (Å²) in [5, 5.41) is 9.68. The zero-order chi connectivity index (χ0) is 11.3. The molecule has 0 spiro atoms. The van der Waals surface area contributed by atoms with Gasteiger partial charge in [0.05, 0.1) is 5.03 Å². The van der Waals surface area contributed by atoms with E-state index in [0.29, 0.717) is 6.42 Å². The molecule has 0 saturated heterocycles. The molecular formula is C10H14N2O2S. The summed E-state index contributed by atoms with van der Waals surface area (Å²) in [6.07, 6.45) is 2.16. The van der Waals surface area contributed by atoms with E-state index in [1.165, 1.54) is 11.8 Å². The summed E-state index contributed by atoms with van der Waals surface area (Å²) in [4.78, 5) is 14.7. The second-order valence-corrected chi connectivity index (χ2v) is 4.74. The Bertz CT molecular complexity index is 318. The van der Waals surface area contributed by atoms with Gasteiger partial charge in [0, 0.05) is 11.4 Å². The molecular weight excluding hydrogens is 212 g/mol. The van der Waals surface area contributed by atoms with E-state index in [9.17, 15) is 4.79 Å². The number of thioether (sulfide) groups is 1. The zero-order valence-corrected chi connectivity index (χ0v) is 9.28. The van der Waals surface area contributed by atoms with E-state index < -0.39 is 12.0 Å². The van der Waals surface area contributed by atoms with Crippen LogP contribution in [0.15, 0.2) is 29.4 Å². The first-order chi connectivity index (χ1) is 7.09. The number of rotatable bonds is 5. The van der Waals surface area contributed by atoms with Crippen LogP contribution in [0, 0.1) is 0 Å². The number of carbonyl (C=O) groups is 1. The Morgan fingerprint density at radius 1 is 1.67 bits per heavy atom. The fourth-order valence-corrected chi connectivity index (χ4v) is 2.12. The maximum atomic E-state index is 10.5. The van der Waals surface area contributed by atoms with Crippen LogP contribution in [0.3, 0.4) is 0 Å². The topological polar surface area (TPSA) is 76.2 Å². The molecule has 1 aromatic rings. The summed E-state index contributed by atoms with van der Waals surface area (Å²) in [5.41, 5.74) is 5.44. The number of pyridine rings is 1. The Kier molecular flexibility index (Phi) is 4.58. The summed E-state index contributed by atoms with van der Waals surface area (Å²) in [6, 6.07) is 4.85. The molecule has 0 fully saturated rings. The lowest BCUT2D eigenvalue weighted by atomic mass is 10.2. The van der Waals surface area contributed by atoms with Crippen LogP contribution in [-0.2, 0) is 4.79 Å². The van der Waals surface area contributed by atoms with E-state index in [-0.39, 0.29) is 5.25 Å². The smallest absolute Gasteiger partial charge is 0.320 e. The molecule has 0 aliphatic rings. The van der Waals surface area contributed by atoms with Gasteiger partial charge in [0.1, 0.15) is 6.04 Å². The fraction of sp³-hybridized carbons (Fsp3) is 0.400. The fourth-order valence-electron chi connectivity index (χ4n) is 1.13. The van der Waals surface area contributed by atoms with Gasteiger partial charge in [-0.05, 0) is 18.6 Å². The molecule has 0 radical (unpaired) electrons. The van der Waals surface area contributed by atoms with Gasteiger partial charge in [-0.1, -0.05) is 13.0 Å². The number of nitrogens with zero attached hydrogens (tertiary/aromatic N) is 1. The van der Waals surface area contributed by atoms with Crippen LogP contribution in [0.5, 0.6) is 0 Å². The molecule has 2 unspecified atom stereocenters. The van der Waals surface area contributed by atoms with Crippen molar-refractivity contribution in [2.75, 3.05) is 0 Å². The number of aliphatic carboxylic acids is 1. The number of carboxylic acid groups (broad SMARTS) is 1. The summed E-state index contributed by atoms with van der Waals surface area (Å²) in [6.45, 7) is 1.95. The third-order valence-electron chi connectivity index (χ3n) is 1.86. The highest BCUT2D eigenvalue weighted by Gasteiger charge is 2.16. The van der Waals surface area contributed by atoms with Crippen LogP contribution >= 0.6 is 11.8 Å². The predicted octanol–water partition coefficient (Wildman–Crippen LogP) is 1.36. The van der Waals surface area contributed by atoms with Crippen molar-refractivity contribution in [3.63, 3.8) is 0 Å². The summed E-state index contributed by atoms with van der Waals surface area (Å²) in [5.74, 6) is -0.955. The second-order valence-electron chi connectivity index (χ2n) is 3.28. The Morgan fingerprint density at radius 2 is 2.40 bits per heavy atom. The van der Waals surface area contributed by atoms with Crippen LogP contribution in [0.4, 0.5) is 0 Å².